The molecule has 5 heteroatoms. The molecule has 2 fully saturated rings. The van der Waals surface area contributed by atoms with Gasteiger partial charge in [0.1, 0.15) is 5.82 Å². The van der Waals surface area contributed by atoms with Crippen LogP contribution in [0.4, 0.5) is 4.39 Å². The van der Waals surface area contributed by atoms with E-state index in [1.54, 1.807) is 13.0 Å². The Morgan fingerprint density at radius 2 is 1.95 bits per heavy atom. The first kappa shape index (κ1) is 17.2. The number of amides is 1. The van der Waals surface area contributed by atoms with E-state index >= 15 is 0 Å². The molecule has 122 valence electrons. The second kappa shape index (κ2) is 7.42. The van der Waals surface area contributed by atoms with E-state index in [0.717, 1.165) is 38.4 Å². The highest BCUT2D eigenvalue weighted by Gasteiger charge is 2.26. The lowest BCUT2D eigenvalue weighted by atomic mass is 10.0. The smallest absolute Gasteiger partial charge is 0.254 e. The van der Waals surface area contributed by atoms with Crippen molar-refractivity contribution in [2.75, 3.05) is 19.6 Å². The van der Waals surface area contributed by atoms with Crippen LogP contribution in [0, 0.1) is 18.7 Å². The molecule has 1 aliphatic heterocycles. The van der Waals surface area contributed by atoms with Crippen molar-refractivity contribution in [2.45, 2.75) is 38.6 Å². The zero-order chi connectivity index (χ0) is 14.8. The van der Waals surface area contributed by atoms with Gasteiger partial charge in [-0.1, -0.05) is 0 Å². The van der Waals surface area contributed by atoms with E-state index in [4.69, 9.17) is 0 Å². The minimum absolute atomic E-state index is 0. The molecule has 2 aliphatic rings. The minimum atomic E-state index is -0.285. The van der Waals surface area contributed by atoms with Crippen molar-refractivity contribution in [1.29, 1.82) is 0 Å². The van der Waals surface area contributed by atoms with Gasteiger partial charge in [-0.3, -0.25) is 4.79 Å². The molecular formula is C17H24ClFN2O. The van der Waals surface area contributed by atoms with Gasteiger partial charge in [0.25, 0.3) is 5.91 Å². The van der Waals surface area contributed by atoms with Gasteiger partial charge in [-0.15, -0.1) is 12.4 Å². The molecule has 0 aromatic heterocycles. The highest BCUT2D eigenvalue weighted by Crippen LogP contribution is 2.28. The fourth-order valence-electron chi connectivity index (χ4n) is 2.98. The molecule has 1 N–H and O–H groups in total. The summed E-state index contributed by atoms with van der Waals surface area (Å²) in [6.45, 7) is 4.51. The van der Waals surface area contributed by atoms with Gasteiger partial charge in [0.15, 0.2) is 0 Å². The summed E-state index contributed by atoms with van der Waals surface area (Å²) in [5.74, 6) is 0.645. The van der Waals surface area contributed by atoms with E-state index in [0.29, 0.717) is 17.2 Å². The highest BCUT2D eigenvalue weighted by atomic mass is 35.5. The molecule has 0 unspecified atom stereocenters. The average molecular weight is 327 g/mol. The van der Waals surface area contributed by atoms with Crippen LogP contribution < -0.4 is 5.32 Å². The zero-order valence-corrected chi connectivity index (χ0v) is 13.8. The molecule has 1 aliphatic carbocycles. The summed E-state index contributed by atoms with van der Waals surface area (Å²) in [7, 11) is 0. The molecular weight excluding hydrogens is 303 g/mol. The van der Waals surface area contributed by atoms with Gasteiger partial charge in [0, 0.05) is 24.7 Å². The van der Waals surface area contributed by atoms with Crippen LogP contribution in [0.25, 0.3) is 0 Å². The lowest BCUT2D eigenvalue weighted by Gasteiger charge is -2.33. The highest BCUT2D eigenvalue weighted by molar-refractivity contribution is 5.95. The van der Waals surface area contributed by atoms with Gasteiger partial charge in [-0.05, 0) is 68.8 Å². The molecule has 1 saturated carbocycles. The number of rotatable bonds is 4. The Balaban J connectivity index is 0.00000176. The molecule has 1 aromatic carbocycles. The Hall–Kier alpha value is -1.13. The molecule has 3 nitrogen and oxygen atoms in total. The fourth-order valence-corrected chi connectivity index (χ4v) is 2.98. The summed E-state index contributed by atoms with van der Waals surface area (Å²) in [4.78, 5) is 14.4. The van der Waals surface area contributed by atoms with Crippen molar-refractivity contribution in [3.05, 3.63) is 35.1 Å². The van der Waals surface area contributed by atoms with Crippen LogP contribution in [-0.2, 0) is 0 Å². The number of benzene rings is 1. The molecule has 0 spiro atoms. The average Bonchev–Trinajstić information content (AvgIpc) is 3.29. The van der Waals surface area contributed by atoms with Gasteiger partial charge < -0.3 is 10.2 Å². The van der Waals surface area contributed by atoms with Gasteiger partial charge >= 0.3 is 0 Å². The summed E-state index contributed by atoms with van der Waals surface area (Å²) >= 11 is 0. The third kappa shape index (κ3) is 4.20. The lowest BCUT2D eigenvalue weighted by Crippen LogP contribution is -2.45. The largest absolute Gasteiger partial charge is 0.339 e. The van der Waals surface area contributed by atoms with Gasteiger partial charge in [0.05, 0.1) is 0 Å². The molecule has 3 rings (SSSR count). The lowest BCUT2D eigenvalue weighted by molar-refractivity contribution is 0.0704. The number of halogens is 2. The predicted octanol–water partition coefficient (Wildman–Crippen LogP) is 3.16. The third-order valence-electron chi connectivity index (χ3n) is 4.59. The minimum Gasteiger partial charge on any atom is -0.339 e. The molecule has 0 atom stereocenters. The van der Waals surface area contributed by atoms with Gasteiger partial charge in [-0.2, -0.15) is 0 Å². The third-order valence-corrected chi connectivity index (χ3v) is 4.59. The van der Waals surface area contributed by atoms with Gasteiger partial charge in [0.2, 0.25) is 0 Å². The first-order valence-electron chi connectivity index (χ1n) is 7.92. The van der Waals surface area contributed by atoms with E-state index in [-0.39, 0.29) is 24.1 Å². The molecule has 1 amide bonds. The summed E-state index contributed by atoms with van der Waals surface area (Å²) in [5.41, 5.74) is 1.34. The van der Waals surface area contributed by atoms with Crippen molar-refractivity contribution in [3.63, 3.8) is 0 Å². The van der Waals surface area contributed by atoms with E-state index in [2.05, 4.69) is 5.32 Å². The van der Waals surface area contributed by atoms with Crippen LogP contribution in [0.15, 0.2) is 18.2 Å². The molecule has 0 radical (unpaired) electrons. The Bertz CT molecular complexity index is 525. The van der Waals surface area contributed by atoms with Crippen LogP contribution in [0.5, 0.6) is 0 Å². The SMILES string of the molecule is Cc1cc(F)ccc1C(=O)N1CCC(NCC2CC2)CC1.Cl. The number of likely N-dealkylation sites (tertiary alicyclic amines) is 1. The van der Waals surface area contributed by atoms with E-state index in [1.165, 1.54) is 25.0 Å². The number of hydrogen-bond donors (Lipinski definition) is 1. The Morgan fingerprint density at radius 1 is 1.27 bits per heavy atom. The van der Waals surface area contributed by atoms with E-state index in [9.17, 15) is 9.18 Å². The second-order valence-corrected chi connectivity index (χ2v) is 6.38. The van der Waals surface area contributed by atoms with Crippen molar-refractivity contribution in [3.8, 4) is 0 Å². The maximum atomic E-state index is 13.1. The van der Waals surface area contributed by atoms with E-state index < -0.39 is 0 Å². The summed E-state index contributed by atoms with van der Waals surface area (Å²) < 4.78 is 13.1. The van der Waals surface area contributed by atoms with Gasteiger partial charge in [-0.25, -0.2) is 4.39 Å². The van der Waals surface area contributed by atoms with Crippen LogP contribution in [0.1, 0.15) is 41.6 Å². The van der Waals surface area contributed by atoms with Crippen molar-refractivity contribution < 1.29 is 9.18 Å². The van der Waals surface area contributed by atoms with Crippen molar-refractivity contribution >= 4 is 18.3 Å². The standard InChI is InChI=1S/C17H23FN2O.ClH/c1-12-10-14(18)4-5-16(12)17(21)20-8-6-15(7-9-20)19-11-13-2-3-13;/h4-5,10,13,15,19H,2-3,6-9,11H2,1H3;1H. The number of hydrogen-bond acceptors (Lipinski definition) is 2. The Kier molecular flexibility index (Phi) is 5.81. The number of piperidine rings is 1. The van der Waals surface area contributed by atoms with Crippen molar-refractivity contribution in [1.82, 2.24) is 10.2 Å². The summed E-state index contributed by atoms with van der Waals surface area (Å²) in [5, 5.41) is 3.61. The second-order valence-electron chi connectivity index (χ2n) is 6.38. The van der Waals surface area contributed by atoms with Crippen LogP contribution >= 0.6 is 12.4 Å². The summed E-state index contributed by atoms with van der Waals surface area (Å²) in [6.07, 6.45) is 4.76. The normalized spacial score (nSPS) is 18.9. The number of aryl methyl sites for hydroxylation is 1. The van der Waals surface area contributed by atoms with E-state index in [1.807, 2.05) is 4.90 Å². The number of carbonyl (C=O) groups excluding carboxylic acids is 1. The molecule has 1 saturated heterocycles. The zero-order valence-electron chi connectivity index (χ0n) is 13.0. The molecule has 1 aromatic rings. The predicted molar refractivity (Wildman–Crippen MR) is 88.0 cm³/mol. The number of nitrogens with zero attached hydrogens (tertiary/aromatic N) is 1. The summed E-state index contributed by atoms with van der Waals surface area (Å²) in [6, 6.07) is 4.94. The molecule has 0 bridgehead atoms. The van der Waals surface area contributed by atoms with Crippen LogP contribution in [0.2, 0.25) is 0 Å². The molecule has 1 heterocycles. The van der Waals surface area contributed by atoms with Crippen molar-refractivity contribution in [2.24, 2.45) is 5.92 Å². The van der Waals surface area contributed by atoms with Crippen LogP contribution in [-0.4, -0.2) is 36.5 Å². The quantitative estimate of drug-likeness (QED) is 0.921. The maximum Gasteiger partial charge on any atom is 0.254 e. The number of nitrogens with one attached hydrogen (secondary N) is 1. The monoisotopic (exact) mass is 326 g/mol. The van der Waals surface area contributed by atoms with Crippen LogP contribution in [0.3, 0.4) is 0 Å². The first-order valence-corrected chi connectivity index (χ1v) is 7.92. The first-order chi connectivity index (χ1) is 10.1. The molecule has 22 heavy (non-hydrogen) atoms. The maximum absolute atomic E-state index is 13.1. The fraction of sp³-hybridized carbons (Fsp3) is 0.588. The Morgan fingerprint density at radius 3 is 2.55 bits per heavy atom. The Labute approximate surface area is 137 Å². The topological polar surface area (TPSA) is 32.3 Å². The number of carbonyl (C=O) groups is 1.